The first kappa shape index (κ1) is 16.0. The van der Waals surface area contributed by atoms with E-state index in [1.54, 1.807) is 19.1 Å². The molecule has 0 radical (unpaired) electrons. The van der Waals surface area contributed by atoms with Gasteiger partial charge in [-0.15, -0.1) is 6.58 Å². The van der Waals surface area contributed by atoms with Crippen LogP contribution in [0.5, 0.6) is 5.75 Å². The average Bonchev–Trinajstić information content (AvgIpc) is 3.21. The van der Waals surface area contributed by atoms with Gasteiger partial charge in [-0.25, -0.2) is 17.5 Å². The Morgan fingerprint density at radius 1 is 1.52 bits per heavy atom. The van der Waals surface area contributed by atoms with E-state index in [1.807, 2.05) is 0 Å². The van der Waals surface area contributed by atoms with Gasteiger partial charge in [-0.05, 0) is 43.4 Å². The summed E-state index contributed by atoms with van der Waals surface area (Å²) in [6.07, 6.45) is 3.57. The third kappa shape index (κ3) is 4.82. The molecule has 1 fully saturated rings. The van der Waals surface area contributed by atoms with Crippen molar-refractivity contribution in [2.24, 2.45) is 5.92 Å². The van der Waals surface area contributed by atoms with E-state index in [0.717, 1.165) is 12.8 Å². The predicted octanol–water partition coefficient (Wildman–Crippen LogP) is 2.78. The number of sulfonamides is 1. The second kappa shape index (κ2) is 6.58. The summed E-state index contributed by atoms with van der Waals surface area (Å²) in [5.41, 5.74) is 0.662. The summed E-state index contributed by atoms with van der Waals surface area (Å²) in [6, 6.07) is 3.95. The number of hydrogen-bond acceptors (Lipinski definition) is 3. The molecule has 0 aromatic heterocycles. The number of ether oxygens (including phenoxy) is 1. The molecule has 1 atom stereocenters. The first-order valence-electron chi connectivity index (χ1n) is 6.94. The van der Waals surface area contributed by atoms with E-state index in [4.69, 9.17) is 4.74 Å². The normalized spacial score (nSPS) is 16.5. The Hall–Kier alpha value is -1.40. The molecule has 0 spiro atoms. The number of rotatable bonds is 8. The van der Waals surface area contributed by atoms with Crippen LogP contribution in [0, 0.1) is 11.7 Å². The predicted molar refractivity (Wildman–Crippen MR) is 80.2 cm³/mol. The standard InChI is InChI=1S/C15H20FNO3S/c1-3-8-21(18,19)17-11(2)13-6-7-14(16)15(9-13)20-10-12-4-5-12/h3,6-7,9,11-12,17H,1,4-5,8,10H2,2H3. The number of nitrogens with one attached hydrogen (secondary N) is 1. The minimum absolute atomic E-state index is 0.149. The van der Waals surface area contributed by atoms with Gasteiger partial charge in [-0.1, -0.05) is 12.1 Å². The lowest BCUT2D eigenvalue weighted by Gasteiger charge is -2.15. The molecule has 0 amide bonds. The van der Waals surface area contributed by atoms with Gasteiger partial charge in [0.05, 0.1) is 12.4 Å². The molecule has 21 heavy (non-hydrogen) atoms. The SMILES string of the molecule is C=CCS(=O)(=O)NC(C)c1ccc(F)c(OCC2CC2)c1. The Morgan fingerprint density at radius 3 is 2.86 bits per heavy atom. The van der Waals surface area contributed by atoms with Crippen LogP contribution in [0.3, 0.4) is 0 Å². The van der Waals surface area contributed by atoms with Crippen molar-refractivity contribution in [1.82, 2.24) is 4.72 Å². The topological polar surface area (TPSA) is 55.4 Å². The Balaban J connectivity index is 2.07. The highest BCUT2D eigenvalue weighted by atomic mass is 32.2. The molecule has 4 nitrogen and oxygen atoms in total. The van der Waals surface area contributed by atoms with E-state index in [1.165, 1.54) is 12.1 Å². The third-order valence-corrected chi connectivity index (χ3v) is 4.71. The highest BCUT2D eigenvalue weighted by molar-refractivity contribution is 7.89. The zero-order valence-electron chi connectivity index (χ0n) is 12.0. The van der Waals surface area contributed by atoms with Gasteiger partial charge in [-0.3, -0.25) is 0 Å². The van der Waals surface area contributed by atoms with Crippen LogP contribution < -0.4 is 9.46 Å². The molecule has 1 aliphatic carbocycles. The minimum Gasteiger partial charge on any atom is -0.490 e. The highest BCUT2D eigenvalue weighted by Gasteiger charge is 2.23. The molecule has 116 valence electrons. The Bertz CT molecular complexity index is 611. The van der Waals surface area contributed by atoms with Crippen LogP contribution in [0.15, 0.2) is 30.9 Å². The minimum atomic E-state index is -3.42. The summed E-state index contributed by atoms with van der Waals surface area (Å²) in [5.74, 6) is 0.120. The van der Waals surface area contributed by atoms with Crippen molar-refractivity contribution in [3.8, 4) is 5.75 Å². The highest BCUT2D eigenvalue weighted by Crippen LogP contribution is 2.31. The Morgan fingerprint density at radius 2 is 2.24 bits per heavy atom. The smallest absolute Gasteiger partial charge is 0.215 e. The maximum atomic E-state index is 13.7. The lowest BCUT2D eigenvalue weighted by molar-refractivity contribution is 0.285. The van der Waals surface area contributed by atoms with Gasteiger partial charge in [-0.2, -0.15) is 0 Å². The van der Waals surface area contributed by atoms with Crippen molar-refractivity contribution in [3.63, 3.8) is 0 Å². The van der Waals surface area contributed by atoms with Crippen molar-refractivity contribution in [1.29, 1.82) is 0 Å². The summed E-state index contributed by atoms with van der Waals surface area (Å²) in [6.45, 7) is 5.63. The molecule has 1 N–H and O–H groups in total. The molecule has 6 heteroatoms. The van der Waals surface area contributed by atoms with Crippen LogP contribution >= 0.6 is 0 Å². The van der Waals surface area contributed by atoms with E-state index in [0.29, 0.717) is 18.1 Å². The largest absolute Gasteiger partial charge is 0.490 e. The average molecular weight is 313 g/mol. The summed E-state index contributed by atoms with van der Waals surface area (Å²) in [5, 5.41) is 0. The van der Waals surface area contributed by atoms with Gasteiger partial charge in [0.2, 0.25) is 10.0 Å². The van der Waals surface area contributed by atoms with Crippen LogP contribution in [-0.2, 0) is 10.0 Å². The van der Waals surface area contributed by atoms with E-state index in [2.05, 4.69) is 11.3 Å². The van der Waals surface area contributed by atoms with Gasteiger partial charge in [0.25, 0.3) is 0 Å². The molecule has 0 heterocycles. The van der Waals surface area contributed by atoms with Crippen LogP contribution in [0.4, 0.5) is 4.39 Å². The van der Waals surface area contributed by atoms with Crippen LogP contribution in [0.2, 0.25) is 0 Å². The zero-order chi connectivity index (χ0) is 15.5. The summed E-state index contributed by atoms with van der Waals surface area (Å²) in [7, 11) is -3.42. The maximum Gasteiger partial charge on any atom is 0.215 e. The second-order valence-corrected chi connectivity index (χ2v) is 7.15. The lowest BCUT2D eigenvalue weighted by atomic mass is 10.1. The monoisotopic (exact) mass is 313 g/mol. The van der Waals surface area contributed by atoms with Crippen molar-refractivity contribution in [2.75, 3.05) is 12.4 Å². The first-order chi connectivity index (χ1) is 9.91. The van der Waals surface area contributed by atoms with Crippen LogP contribution in [0.25, 0.3) is 0 Å². The summed E-state index contributed by atoms with van der Waals surface area (Å²) >= 11 is 0. The Kier molecular flexibility index (Phi) is 5.00. The number of hydrogen-bond donors (Lipinski definition) is 1. The molecule has 0 saturated heterocycles. The summed E-state index contributed by atoms with van der Waals surface area (Å²) in [4.78, 5) is 0. The lowest BCUT2D eigenvalue weighted by Crippen LogP contribution is -2.28. The molecule has 0 bridgehead atoms. The van der Waals surface area contributed by atoms with E-state index in [-0.39, 0.29) is 11.5 Å². The Labute approximate surface area is 125 Å². The second-order valence-electron chi connectivity index (χ2n) is 5.35. The molecule has 2 rings (SSSR count). The van der Waals surface area contributed by atoms with E-state index in [9.17, 15) is 12.8 Å². The third-order valence-electron chi connectivity index (χ3n) is 3.32. The maximum absolute atomic E-state index is 13.7. The quantitative estimate of drug-likeness (QED) is 0.751. The fourth-order valence-corrected chi connectivity index (χ4v) is 3.01. The fourth-order valence-electron chi connectivity index (χ4n) is 1.93. The van der Waals surface area contributed by atoms with Gasteiger partial charge in [0, 0.05) is 6.04 Å². The number of halogens is 1. The van der Waals surface area contributed by atoms with Gasteiger partial charge < -0.3 is 4.74 Å². The number of benzene rings is 1. The van der Waals surface area contributed by atoms with Gasteiger partial charge >= 0.3 is 0 Å². The molecule has 0 aliphatic heterocycles. The van der Waals surface area contributed by atoms with Gasteiger partial charge in [0.1, 0.15) is 0 Å². The first-order valence-corrected chi connectivity index (χ1v) is 8.59. The molecule has 1 aromatic carbocycles. The fraction of sp³-hybridized carbons (Fsp3) is 0.467. The van der Waals surface area contributed by atoms with E-state index >= 15 is 0 Å². The van der Waals surface area contributed by atoms with Gasteiger partial charge in [0.15, 0.2) is 11.6 Å². The molecule has 1 aliphatic rings. The molecule has 1 saturated carbocycles. The molecule has 1 unspecified atom stereocenters. The van der Waals surface area contributed by atoms with Crippen molar-refractivity contribution in [2.45, 2.75) is 25.8 Å². The zero-order valence-corrected chi connectivity index (χ0v) is 12.8. The summed E-state index contributed by atoms with van der Waals surface area (Å²) < 4.78 is 45.1. The van der Waals surface area contributed by atoms with E-state index < -0.39 is 21.9 Å². The van der Waals surface area contributed by atoms with Crippen LogP contribution in [0.1, 0.15) is 31.4 Å². The van der Waals surface area contributed by atoms with Crippen molar-refractivity contribution in [3.05, 3.63) is 42.2 Å². The van der Waals surface area contributed by atoms with Crippen molar-refractivity contribution < 1.29 is 17.5 Å². The molecular formula is C15H20FNO3S. The van der Waals surface area contributed by atoms with Crippen molar-refractivity contribution >= 4 is 10.0 Å². The molecule has 1 aromatic rings. The van der Waals surface area contributed by atoms with Crippen LogP contribution in [-0.4, -0.2) is 20.8 Å². The molecular weight excluding hydrogens is 293 g/mol.